The monoisotopic (exact) mass is 293 g/mol. The lowest BCUT2D eigenvalue weighted by Gasteiger charge is -2.32. The van der Waals surface area contributed by atoms with E-state index in [9.17, 15) is 0 Å². The topological polar surface area (TPSA) is 67.1 Å². The lowest BCUT2D eigenvalue weighted by molar-refractivity contribution is 0.155. The van der Waals surface area contributed by atoms with Crippen LogP contribution >= 0.6 is 11.3 Å². The molecular formula is C13H19N5OS. The van der Waals surface area contributed by atoms with Gasteiger partial charge < -0.3 is 9.84 Å². The number of hydrogen-bond donors (Lipinski definition) is 1. The van der Waals surface area contributed by atoms with Gasteiger partial charge in [-0.1, -0.05) is 18.5 Å². The van der Waals surface area contributed by atoms with Gasteiger partial charge in [-0.15, -0.1) is 11.3 Å². The summed E-state index contributed by atoms with van der Waals surface area (Å²) in [5, 5.41) is 9.49. The number of thiazole rings is 1. The summed E-state index contributed by atoms with van der Waals surface area (Å²) in [6.45, 7) is 6.31. The van der Waals surface area contributed by atoms with Crippen LogP contribution in [-0.2, 0) is 0 Å². The van der Waals surface area contributed by atoms with Gasteiger partial charge in [-0.3, -0.25) is 4.90 Å². The third kappa shape index (κ3) is 2.89. The van der Waals surface area contributed by atoms with Crippen LogP contribution in [0.2, 0.25) is 0 Å². The lowest BCUT2D eigenvalue weighted by Crippen LogP contribution is -2.45. The van der Waals surface area contributed by atoms with Crippen LogP contribution in [0.1, 0.15) is 31.6 Å². The first-order valence-electron chi connectivity index (χ1n) is 7.05. The van der Waals surface area contributed by atoms with E-state index in [1.165, 1.54) is 11.3 Å². The molecule has 0 aliphatic carbocycles. The third-order valence-electron chi connectivity index (χ3n) is 3.55. The van der Waals surface area contributed by atoms with Gasteiger partial charge in [0, 0.05) is 31.6 Å². The zero-order valence-corrected chi connectivity index (χ0v) is 12.4. The lowest BCUT2D eigenvalue weighted by atomic mass is 10.1. The SMILES string of the molecule is CCCC(c1noc(-c2cscn2)n1)N1CCNCC1. The number of rotatable bonds is 5. The molecule has 1 fully saturated rings. The van der Waals surface area contributed by atoms with Gasteiger partial charge in [-0.2, -0.15) is 4.98 Å². The number of piperazine rings is 1. The van der Waals surface area contributed by atoms with Gasteiger partial charge in [0.2, 0.25) is 0 Å². The Bertz CT molecular complexity index is 521. The van der Waals surface area contributed by atoms with Crippen LogP contribution in [0.25, 0.3) is 11.6 Å². The molecule has 20 heavy (non-hydrogen) atoms. The number of nitrogens with zero attached hydrogens (tertiary/aromatic N) is 4. The molecule has 0 saturated carbocycles. The van der Waals surface area contributed by atoms with E-state index in [2.05, 4.69) is 32.3 Å². The summed E-state index contributed by atoms with van der Waals surface area (Å²) in [6, 6.07) is 0.248. The van der Waals surface area contributed by atoms with Crippen molar-refractivity contribution in [1.29, 1.82) is 0 Å². The van der Waals surface area contributed by atoms with Gasteiger partial charge >= 0.3 is 0 Å². The summed E-state index contributed by atoms with van der Waals surface area (Å²) >= 11 is 1.53. The van der Waals surface area contributed by atoms with E-state index >= 15 is 0 Å². The summed E-state index contributed by atoms with van der Waals surface area (Å²) in [7, 11) is 0. The summed E-state index contributed by atoms with van der Waals surface area (Å²) < 4.78 is 5.37. The number of hydrogen-bond acceptors (Lipinski definition) is 7. The van der Waals surface area contributed by atoms with Crippen molar-refractivity contribution < 1.29 is 4.52 Å². The van der Waals surface area contributed by atoms with E-state index in [1.807, 2.05) is 5.38 Å². The first-order chi connectivity index (χ1) is 9.88. The van der Waals surface area contributed by atoms with Gasteiger partial charge in [0.25, 0.3) is 5.89 Å². The zero-order chi connectivity index (χ0) is 13.8. The summed E-state index contributed by atoms with van der Waals surface area (Å²) in [5.74, 6) is 1.31. The minimum absolute atomic E-state index is 0.248. The maximum atomic E-state index is 5.37. The van der Waals surface area contributed by atoms with Crippen molar-refractivity contribution in [3.63, 3.8) is 0 Å². The van der Waals surface area contributed by atoms with Crippen LogP contribution in [0.3, 0.4) is 0 Å². The van der Waals surface area contributed by atoms with Crippen LogP contribution < -0.4 is 5.32 Å². The molecule has 0 aromatic carbocycles. The highest BCUT2D eigenvalue weighted by atomic mass is 32.1. The average Bonchev–Trinajstić information content (AvgIpc) is 3.16. The Morgan fingerprint density at radius 3 is 3.00 bits per heavy atom. The van der Waals surface area contributed by atoms with Gasteiger partial charge in [-0.05, 0) is 6.42 Å². The van der Waals surface area contributed by atoms with Crippen molar-refractivity contribution in [2.24, 2.45) is 0 Å². The van der Waals surface area contributed by atoms with Crippen LogP contribution in [0.5, 0.6) is 0 Å². The van der Waals surface area contributed by atoms with Crippen molar-refractivity contribution in [3.8, 4) is 11.6 Å². The van der Waals surface area contributed by atoms with Gasteiger partial charge in [0.05, 0.1) is 11.6 Å². The van der Waals surface area contributed by atoms with E-state index in [0.717, 1.165) is 50.5 Å². The van der Waals surface area contributed by atoms with Crippen molar-refractivity contribution in [2.75, 3.05) is 26.2 Å². The van der Waals surface area contributed by atoms with Crippen molar-refractivity contribution in [3.05, 3.63) is 16.7 Å². The number of nitrogens with one attached hydrogen (secondary N) is 1. The van der Waals surface area contributed by atoms with Crippen LogP contribution in [0.4, 0.5) is 0 Å². The molecule has 108 valence electrons. The third-order valence-corrected chi connectivity index (χ3v) is 4.13. The molecule has 1 saturated heterocycles. The molecule has 1 N–H and O–H groups in total. The molecule has 0 bridgehead atoms. The van der Waals surface area contributed by atoms with Crippen LogP contribution in [-0.4, -0.2) is 46.2 Å². The standard InChI is InChI=1S/C13H19N5OS/c1-2-3-11(18-6-4-14-5-7-18)12-16-13(19-17-12)10-8-20-9-15-10/h8-9,11,14H,2-7H2,1H3. The predicted octanol–water partition coefficient (Wildman–Crippen LogP) is 1.94. The Kier molecular flexibility index (Phi) is 4.39. The first kappa shape index (κ1) is 13.7. The van der Waals surface area contributed by atoms with Gasteiger partial charge in [0.1, 0.15) is 5.69 Å². The maximum absolute atomic E-state index is 5.37. The molecule has 2 aromatic heterocycles. The highest BCUT2D eigenvalue weighted by molar-refractivity contribution is 7.07. The molecule has 2 aromatic rings. The van der Waals surface area contributed by atoms with Gasteiger partial charge in [-0.25, -0.2) is 4.98 Å². The van der Waals surface area contributed by atoms with Gasteiger partial charge in [0.15, 0.2) is 5.82 Å². The molecule has 0 spiro atoms. The highest BCUT2D eigenvalue weighted by Crippen LogP contribution is 2.26. The van der Waals surface area contributed by atoms with E-state index in [1.54, 1.807) is 5.51 Å². The average molecular weight is 293 g/mol. The fourth-order valence-electron chi connectivity index (χ4n) is 2.53. The number of aromatic nitrogens is 3. The van der Waals surface area contributed by atoms with E-state index in [-0.39, 0.29) is 6.04 Å². The first-order valence-corrected chi connectivity index (χ1v) is 7.99. The molecule has 1 unspecified atom stereocenters. The smallest absolute Gasteiger partial charge is 0.277 e. The highest BCUT2D eigenvalue weighted by Gasteiger charge is 2.26. The molecule has 1 aliphatic heterocycles. The quantitative estimate of drug-likeness (QED) is 0.908. The second kappa shape index (κ2) is 6.43. The van der Waals surface area contributed by atoms with Crippen LogP contribution in [0, 0.1) is 0 Å². The second-order valence-electron chi connectivity index (χ2n) is 4.92. The Labute approximate surface area is 122 Å². The van der Waals surface area contributed by atoms with Crippen molar-refractivity contribution >= 4 is 11.3 Å². The maximum Gasteiger partial charge on any atom is 0.277 e. The van der Waals surface area contributed by atoms with Crippen LogP contribution in [0.15, 0.2) is 15.4 Å². The van der Waals surface area contributed by atoms with E-state index < -0.39 is 0 Å². The molecule has 3 heterocycles. The Balaban J connectivity index is 1.80. The molecule has 7 heteroatoms. The normalized spacial score (nSPS) is 18.2. The fraction of sp³-hybridized carbons (Fsp3) is 0.615. The largest absolute Gasteiger partial charge is 0.332 e. The second-order valence-corrected chi connectivity index (χ2v) is 5.64. The Hall–Kier alpha value is -1.31. The van der Waals surface area contributed by atoms with Crippen molar-refractivity contribution in [1.82, 2.24) is 25.3 Å². The van der Waals surface area contributed by atoms with E-state index in [4.69, 9.17) is 4.52 Å². The van der Waals surface area contributed by atoms with E-state index in [0.29, 0.717) is 5.89 Å². The van der Waals surface area contributed by atoms with Crippen molar-refractivity contribution in [2.45, 2.75) is 25.8 Å². The molecular weight excluding hydrogens is 274 g/mol. The summed E-state index contributed by atoms with van der Waals surface area (Å²) in [5.41, 5.74) is 2.54. The Morgan fingerprint density at radius 2 is 2.30 bits per heavy atom. The minimum atomic E-state index is 0.248. The molecule has 0 amide bonds. The predicted molar refractivity (Wildman–Crippen MR) is 77.5 cm³/mol. The zero-order valence-electron chi connectivity index (χ0n) is 11.6. The minimum Gasteiger partial charge on any atom is -0.332 e. The summed E-state index contributed by atoms with van der Waals surface area (Å²) in [6.07, 6.45) is 2.16. The molecule has 3 rings (SSSR count). The molecule has 1 atom stereocenters. The molecule has 1 aliphatic rings. The molecule has 6 nitrogen and oxygen atoms in total. The molecule has 0 radical (unpaired) electrons. The summed E-state index contributed by atoms with van der Waals surface area (Å²) in [4.78, 5) is 11.2. The fourth-order valence-corrected chi connectivity index (χ4v) is 3.06. The Morgan fingerprint density at radius 1 is 1.45 bits per heavy atom.